The molecule has 1 saturated carbocycles. The molecule has 3 saturated heterocycles. The van der Waals surface area contributed by atoms with E-state index in [1.807, 2.05) is 6.07 Å². The Labute approximate surface area is 158 Å². The van der Waals surface area contributed by atoms with Crippen molar-refractivity contribution in [3.8, 4) is 0 Å². The fourth-order valence-electron chi connectivity index (χ4n) is 5.61. The zero-order valence-corrected chi connectivity index (χ0v) is 16.3. The standard InChI is InChI=1S/C23H34NO2/c1-24-16-12-19(13-17-24)21(18-24)26-22(25)23(20-10-6-5-7-11-20)14-8-3-2-4-9-15-23/h5-7,10-11,19,21H,2-4,8-9,12-18H2,1H3/q+1/t19?,21-,24?/m0/s1. The molecule has 26 heavy (non-hydrogen) atoms. The Balaban J connectivity index is 1.58. The number of esters is 1. The van der Waals surface area contributed by atoms with E-state index in [1.165, 1.54) is 50.8 Å². The van der Waals surface area contributed by atoms with E-state index in [-0.39, 0.29) is 12.1 Å². The summed E-state index contributed by atoms with van der Waals surface area (Å²) in [6.07, 6.45) is 10.5. The van der Waals surface area contributed by atoms with Crippen LogP contribution in [0.1, 0.15) is 63.4 Å². The lowest BCUT2D eigenvalue weighted by Gasteiger charge is -2.50. The molecular weight excluding hydrogens is 322 g/mol. The van der Waals surface area contributed by atoms with Gasteiger partial charge < -0.3 is 9.22 Å². The van der Waals surface area contributed by atoms with E-state index in [4.69, 9.17) is 4.74 Å². The molecule has 3 nitrogen and oxygen atoms in total. The molecule has 2 bridgehead atoms. The van der Waals surface area contributed by atoms with Crippen LogP contribution >= 0.6 is 0 Å². The maximum absolute atomic E-state index is 13.6. The topological polar surface area (TPSA) is 26.3 Å². The molecule has 4 fully saturated rings. The molecule has 3 aliphatic heterocycles. The molecule has 0 radical (unpaired) electrons. The van der Waals surface area contributed by atoms with Gasteiger partial charge in [0.1, 0.15) is 6.54 Å². The summed E-state index contributed by atoms with van der Waals surface area (Å²) in [6.45, 7) is 3.52. The van der Waals surface area contributed by atoms with Crippen molar-refractivity contribution in [1.29, 1.82) is 0 Å². The van der Waals surface area contributed by atoms with Gasteiger partial charge in [0.05, 0.1) is 25.6 Å². The molecule has 1 atom stereocenters. The van der Waals surface area contributed by atoms with E-state index < -0.39 is 5.41 Å². The van der Waals surface area contributed by atoms with Crippen molar-refractivity contribution in [1.82, 2.24) is 0 Å². The number of hydrogen-bond donors (Lipinski definition) is 0. The van der Waals surface area contributed by atoms with Crippen LogP contribution in [-0.4, -0.2) is 43.2 Å². The first-order valence-corrected chi connectivity index (χ1v) is 10.7. The Hall–Kier alpha value is -1.35. The van der Waals surface area contributed by atoms with E-state index in [2.05, 4.69) is 31.3 Å². The normalized spacial score (nSPS) is 33.9. The predicted octanol–water partition coefficient (Wildman–Crippen LogP) is 4.45. The molecule has 0 amide bonds. The lowest BCUT2D eigenvalue weighted by molar-refractivity contribution is -0.928. The summed E-state index contributed by atoms with van der Waals surface area (Å²) in [5.41, 5.74) is 0.750. The zero-order chi connectivity index (χ0) is 18.0. The monoisotopic (exact) mass is 356 g/mol. The second-order valence-electron chi connectivity index (χ2n) is 9.25. The first-order valence-electron chi connectivity index (χ1n) is 10.7. The van der Waals surface area contributed by atoms with Gasteiger partial charge in [0.15, 0.2) is 6.10 Å². The van der Waals surface area contributed by atoms with Crippen molar-refractivity contribution < 1.29 is 14.0 Å². The van der Waals surface area contributed by atoms with E-state index in [9.17, 15) is 4.79 Å². The number of hydrogen-bond acceptors (Lipinski definition) is 2. The van der Waals surface area contributed by atoms with Crippen molar-refractivity contribution in [2.75, 3.05) is 26.7 Å². The first kappa shape index (κ1) is 18.0. The maximum Gasteiger partial charge on any atom is 0.317 e. The maximum atomic E-state index is 13.6. The lowest BCUT2D eigenvalue weighted by atomic mass is 9.71. The van der Waals surface area contributed by atoms with Gasteiger partial charge in [0.25, 0.3) is 0 Å². The number of nitrogens with zero attached hydrogens (tertiary/aromatic N) is 1. The van der Waals surface area contributed by atoms with Crippen LogP contribution in [0, 0.1) is 5.92 Å². The average molecular weight is 357 g/mol. The molecule has 0 unspecified atom stereocenters. The van der Waals surface area contributed by atoms with E-state index in [0.29, 0.717) is 5.92 Å². The van der Waals surface area contributed by atoms with E-state index >= 15 is 0 Å². The molecule has 3 heteroatoms. The van der Waals surface area contributed by atoms with E-state index in [1.54, 1.807) is 0 Å². The molecule has 3 heterocycles. The van der Waals surface area contributed by atoms with Gasteiger partial charge in [0, 0.05) is 18.8 Å². The second-order valence-corrected chi connectivity index (χ2v) is 9.25. The Morgan fingerprint density at radius 3 is 2.23 bits per heavy atom. The van der Waals surface area contributed by atoms with Gasteiger partial charge in [-0.1, -0.05) is 62.4 Å². The number of rotatable bonds is 3. The van der Waals surface area contributed by atoms with Gasteiger partial charge in [-0.05, 0) is 18.4 Å². The SMILES string of the molecule is C[N+]12CCC(CC1)[C@@H](OC(=O)C1(c3ccccc3)CCCCCCC1)C2. The predicted molar refractivity (Wildman–Crippen MR) is 104 cm³/mol. The van der Waals surface area contributed by atoms with Crippen LogP contribution < -0.4 is 0 Å². The molecule has 142 valence electrons. The van der Waals surface area contributed by atoms with Crippen molar-refractivity contribution in [3.63, 3.8) is 0 Å². The van der Waals surface area contributed by atoms with Crippen LogP contribution in [0.4, 0.5) is 0 Å². The van der Waals surface area contributed by atoms with Crippen LogP contribution in [0.3, 0.4) is 0 Å². The molecule has 0 N–H and O–H groups in total. The first-order chi connectivity index (χ1) is 12.6. The van der Waals surface area contributed by atoms with Crippen LogP contribution in [0.15, 0.2) is 30.3 Å². The summed E-state index contributed by atoms with van der Waals surface area (Å²) >= 11 is 0. The van der Waals surface area contributed by atoms with Gasteiger partial charge in [-0.3, -0.25) is 4.79 Å². The Kier molecular flexibility index (Phi) is 5.09. The second kappa shape index (κ2) is 7.34. The van der Waals surface area contributed by atoms with Gasteiger partial charge in [0.2, 0.25) is 0 Å². The minimum absolute atomic E-state index is 0.0657. The van der Waals surface area contributed by atoms with Crippen LogP contribution in [0.2, 0.25) is 0 Å². The number of quaternary nitrogens is 1. The molecule has 1 aromatic carbocycles. The summed E-state index contributed by atoms with van der Waals surface area (Å²) < 4.78 is 7.42. The summed E-state index contributed by atoms with van der Waals surface area (Å²) in [7, 11) is 2.33. The molecule has 1 aromatic rings. The number of carbonyl (C=O) groups excluding carboxylic acids is 1. The number of likely N-dealkylation sites (N-methyl/N-ethyl adjacent to an activating group) is 1. The number of fused-ring (bicyclic) bond motifs is 3. The Morgan fingerprint density at radius 2 is 1.62 bits per heavy atom. The molecule has 4 aliphatic rings. The van der Waals surface area contributed by atoms with Gasteiger partial charge in [-0.2, -0.15) is 0 Å². The largest absolute Gasteiger partial charge is 0.455 e. The van der Waals surface area contributed by atoms with Gasteiger partial charge >= 0.3 is 5.97 Å². The third-order valence-electron chi connectivity index (χ3n) is 7.41. The van der Waals surface area contributed by atoms with E-state index in [0.717, 1.165) is 36.7 Å². The third kappa shape index (κ3) is 3.43. The van der Waals surface area contributed by atoms with Crippen LogP contribution in [-0.2, 0) is 14.9 Å². The number of piperidine rings is 3. The van der Waals surface area contributed by atoms with Crippen molar-refractivity contribution in [2.45, 2.75) is 69.3 Å². The number of benzene rings is 1. The molecule has 0 aromatic heterocycles. The Bertz CT molecular complexity index is 610. The highest BCUT2D eigenvalue weighted by Crippen LogP contribution is 2.41. The number of ether oxygens (including phenoxy) is 1. The summed E-state index contributed by atoms with van der Waals surface area (Å²) in [6, 6.07) is 10.5. The van der Waals surface area contributed by atoms with Crippen LogP contribution in [0.25, 0.3) is 0 Å². The fourth-order valence-corrected chi connectivity index (χ4v) is 5.61. The molecule has 5 rings (SSSR count). The summed E-state index contributed by atoms with van der Waals surface area (Å²) in [5.74, 6) is 0.649. The molecule has 0 spiro atoms. The summed E-state index contributed by atoms with van der Waals surface area (Å²) in [4.78, 5) is 13.6. The van der Waals surface area contributed by atoms with Gasteiger partial charge in [-0.25, -0.2) is 0 Å². The highest BCUT2D eigenvalue weighted by Gasteiger charge is 2.48. The van der Waals surface area contributed by atoms with Gasteiger partial charge in [-0.15, -0.1) is 0 Å². The zero-order valence-electron chi connectivity index (χ0n) is 16.3. The average Bonchev–Trinajstić information content (AvgIpc) is 2.63. The van der Waals surface area contributed by atoms with Crippen LogP contribution in [0.5, 0.6) is 0 Å². The fraction of sp³-hybridized carbons (Fsp3) is 0.696. The highest BCUT2D eigenvalue weighted by atomic mass is 16.5. The highest BCUT2D eigenvalue weighted by molar-refractivity contribution is 5.83. The quantitative estimate of drug-likeness (QED) is 0.591. The summed E-state index contributed by atoms with van der Waals surface area (Å²) in [5, 5.41) is 0. The Morgan fingerprint density at radius 1 is 1.00 bits per heavy atom. The van der Waals surface area contributed by atoms with Crippen molar-refractivity contribution in [3.05, 3.63) is 35.9 Å². The number of carbonyl (C=O) groups is 1. The van der Waals surface area contributed by atoms with Crippen molar-refractivity contribution >= 4 is 5.97 Å². The minimum atomic E-state index is -0.424. The minimum Gasteiger partial charge on any atom is -0.455 e. The molecule has 1 aliphatic carbocycles. The smallest absolute Gasteiger partial charge is 0.317 e. The van der Waals surface area contributed by atoms with Crippen molar-refractivity contribution in [2.24, 2.45) is 5.92 Å². The lowest BCUT2D eigenvalue weighted by Crippen LogP contribution is -2.62. The third-order valence-corrected chi connectivity index (χ3v) is 7.41. The molecular formula is C23H34NO2+.